The van der Waals surface area contributed by atoms with Gasteiger partial charge in [-0.25, -0.2) is 0 Å². The van der Waals surface area contributed by atoms with E-state index in [1.807, 2.05) is 19.1 Å². The number of carbonyl (C=O) groups is 1. The number of carbonyl (C=O) groups excluding carboxylic acids is 1. The molecule has 6 nitrogen and oxygen atoms in total. The zero-order valence-electron chi connectivity index (χ0n) is 13.9. The second kappa shape index (κ2) is 7.51. The van der Waals surface area contributed by atoms with E-state index in [4.69, 9.17) is 9.47 Å². The molecule has 0 unspecified atom stereocenters. The fraction of sp³-hybridized carbons (Fsp3) is 0.611. The van der Waals surface area contributed by atoms with Crippen LogP contribution in [-0.4, -0.2) is 54.2 Å². The van der Waals surface area contributed by atoms with Crippen LogP contribution >= 0.6 is 0 Å². The molecule has 0 saturated carbocycles. The summed E-state index contributed by atoms with van der Waals surface area (Å²) in [6.45, 7) is 2.86. The van der Waals surface area contributed by atoms with E-state index in [0.717, 1.165) is 17.7 Å². The van der Waals surface area contributed by atoms with Crippen LogP contribution in [0.4, 0.5) is 0 Å². The van der Waals surface area contributed by atoms with Gasteiger partial charge in [-0.1, -0.05) is 12.1 Å². The minimum absolute atomic E-state index is 0.0626. The Morgan fingerprint density at radius 3 is 3.00 bits per heavy atom. The Bertz CT molecular complexity index is 591. The van der Waals surface area contributed by atoms with Gasteiger partial charge in [-0.3, -0.25) is 4.79 Å². The van der Waals surface area contributed by atoms with Crippen LogP contribution in [0.25, 0.3) is 0 Å². The predicted octanol–water partition coefficient (Wildman–Crippen LogP) is 0.427. The van der Waals surface area contributed by atoms with Gasteiger partial charge in [0.1, 0.15) is 18.0 Å². The highest BCUT2D eigenvalue weighted by Gasteiger charge is 2.31. The maximum absolute atomic E-state index is 12.0. The van der Waals surface area contributed by atoms with Crippen LogP contribution in [0.5, 0.6) is 5.75 Å². The monoisotopic (exact) mass is 335 g/mol. The van der Waals surface area contributed by atoms with Crippen LogP contribution in [0.2, 0.25) is 0 Å². The van der Waals surface area contributed by atoms with Crippen molar-refractivity contribution in [3.8, 4) is 5.75 Å². The molecule has 1 fully saturated rings. The molecule has 6 heteroatoms. The fourth-order valence-electron chi connectivity index (χ4n) is 3.25. The molecule has 0 spiro atoms. The van der Waals surface area contributed by atoms with Gasteiger partial charge in [0.2, 0.25) is 5.91 Å². The zero-order valence-corrected chi connectivity index (χ0v) is 13.9. The average Bonchev–Trinajstić information content (AvgIpc) is 2.93. The minimum Gasteiger partial charge on any atom is -0.490 e. The number of hydrogen-bond donors (Lipinski definition) is 3. The lowest BCUT2D eigenvalue weighted by atomic mass is 9.96. The van der Waals surface area contributed by atoms with Gasteiger partial charge in [0.25, 0.3) is 0 Å². The lowest BCUT2D eigenvalue weighted by Gasteiger charge is -2.31. The molecule has 1 saturated heterocycles. The maximum atomic E-state index is 12.0. The SMILES string of the molecule is C[C@H]1Cc2cc(CCC(=O)NC[C@@H]3COC[C@@H](O)[C@H]3O)ccc2O1. The highest BCUT2D eigenvalue weighted by Crippen LogP contribution is 2.29. The molecule has 4 atom stereocenters. The summed E-state index contributed by atoms with van der Waals surface area (Å²) in [4.78, 5) is 12.0. The van der Waals surface area contributed by atoms with Crippen molar-refractivity contribution >= 4 is 5.91 Å². The maximum Gasteiger partial charge on any atom is 0.220 e. The van der Waals surface area contributed by atoms with E-state index in [1.54, 1.807) is 0 Å². The fourth-order valence-corrected chi connectivity index (χ4v) is 3.25. The highest BCUT2D eigenvalue weighted by atomic mass is 16.5. The first-order valence-corrected chi connectivity index (χ1v) is 8.52. The number of amides is 1. The minimum atomic E-state index is -0.878. The Hall–Kier alpha value is -1.63. The largest absolute Gasteiger partial charge is 0.490 e. The predicted molar refractivity (Wildman–Crippen MR) is 87.9 cm³/mol. The number of hydrogen-bond acceptors (Lipinski definition) is 5. The van der Waals surface area contributed by atoms with Gasteiger partial charge in [-0.05, 0) is 30.5 Å². The van der Waals surface area contributed by atoms with Crippen molar-refractivity contribution in [3.63, 3.8) is 0 Å². The summed E-state index contributed by atoms with van der Waals surface area (Å²) in [6.07, 6.45) is 0.464. The third-order valence-corrected chi connectivity index (χ3v) is 4.66. The summed E-state index contributed by atoms with van der Waals surface area (Å²) in [5.41, 5.74) is 2.33. The van der Waals surface area contributed by atoms with Crippen molar-refractivity contribution in [2.75, 3.05) is 19.8 Å². The molecule has 3 N–H and O–H groups in total. The molecule has 132 valence electrons. The van der Waals surface area contributed by atoms with E-state index in [-0.39, 0.29) is 24.5 Å². The molecule has 2 aliphatic rings. The van der Waals surface area contributed by atoms with Crippen molar-refractivity contribution in [2.45, 2.75) is 44.5 Å². The van der Waals surface area contributed by atoms with Gasteiger partial charge < -0.3 is 25.0 Å². The summed E-state index contributed by atoms with van der Waals surface area (Å²) in [6, 6.07) is 6.09. The van der Waals surface area contributed by atoms with Crippen molar-refractivity contribution in [3.05, 3.63) is 29.3 Å². The zero-order chi connectivity index (χ0) is 17.1. The molecule has 2 aliphatic heterocycles. The number of aliphatic hydroxyl groups excluding tert-OH is 2. The van der Waals surface area contributed by atoms with E-state index >= 15 is 0 Å². The third kappa shape index (κ3) is 4.06. The number of rotatable bonds is 5. The lowest BCUT2D eigenvalue weighted by Crippen LogP contribution is -2.48. The van der Waals surface area contributed by atoms with Crippen LogP contribution in [0, 0.1) is 5.92 Å². The van der Waals surface area contributed by atoms with Gasteiger partial charge in [0.05, 0.1) is 19.3 Å². The molecule has 0 radical (unpaired) electrons. The quantitative estimate of drug-likeness (QED) is 0.726. The van der Waals surface area contributed by atoms with E-state index < -0.39 is 12.2 Å². The Balaban J connectivity index is 1.44. The number of benzene rings is 1. The summed E-state index contributed by atoms with van der Waals surface area (Å²) in [7, 11) is 0. The second-order valence-electron chi connectivity index (χ2n) is 6.73. The molecule has 1 aromatic carbocycles. The highest BCUT2D eigenvalue weighted by molar-refractivity contribution is 5.76. The van der Waals surface area contributed by atoms with Gasteiger partial charge in [-0.2, -0.15) is 0 Å². The summed E-state index contributed by atoms with van der Waals surface area (Å²) >= 11 is 0. The average molecular weight is 335 g/mol. The Morgan fingerprint density at radius 1 is 1.33 bits per heavy atom. The number of fused-ring (bicyclic) bond motifs is 1. The van der Waals surface area contributed by atoms with Crippen LogP contribution in [-0.2, 0) is 22.4 Å². The standard InChI is InChI=1S/C18H25NO5/c1-11-6-13-7-12(2-4-16(13)24-11)3-5-17(21)19-8-14-9-23-10-15(20)18(14)22/h2,4,7,11,14-15,18,20,22H,3,5-6,8-10H2,1H3,(H,19,21)/t11-,14+,15+,18-/m0/s1. The third-order valence-electron chi connectivity index (χ3n) is 4.66. The molecule has 0 aromatic heterocycles. The smallest absolute Gasteiger partial charge is 0.220 e. The van der Waals surface area contributed by atoms with Gasteiger partial charge in [0, 0.05) is 25.3 Å². The molecular weight excluding hydrogens is 310 g/mol. The first-order valence-electron chi connectivity index (χ1n) is 8.52. The van der Waals surface area contributed by atoms with E-state index in [2.05, 4.69) is 11.4 Å². The summed E-state index contributed by atoms with van der Waals surface area (Å²) in [5.74, 6) is 0.615. The molecular formula is C18H25NO5. The number of ether oxygens (including phenoxy) is 2. The van der Waals surface area contributed by atoms with E-state index in [0.29, 0.717) is 26.0 Å². The first-order chi connectivity index (χ1) is 11.5. The first kappa shape index (κ1) is 17.2. The Morgan fingerprint density at radius 2 is 2.17 bits per heavy atom. The lowest BCUT2D eigenvalue weighted by molar-refractivity contribution is -0.128. The van der Waals surface area contributed by atoms with Crippen molar-refractivity contribution < 1.29 is 24.5 Å². The Kier molecular flexibility index (Phi) is 5.38. The van der Waals surface area contributed by atoms with Crippen molar-refractivity contribution in [1.82, 2.24) is 5.32 Å². The normalized spacial score (nSPS) is 29.0. The van der Waals surface area contributed by atoms with Crippen molar-refractivity contribution in [1.29, 1.82) is 0 Å². The van der Waals surface area contributed by atoms with Gasteiger partial charge >= 0.3 is 0 Å². The van der Waals surface area contributed by atoms with E-state index in [9.17, 15) is 15.0 Å². The molecule has 1 amide bonds. The number of aryl methyl sites for hydroxylation is 1. The second-order valence-corrected chi connectivity index (χ2v) is 6.73. The van der Waals surface area contributed by atoms with Crippen LogP contribution in [0.1, 0.15) is 24.5 Å². The number of aliphatic hydroxyl groups is 2. The topological polar surface area (TPSA) is 88.0 Å². The van der Waals surface area contributed by atoms with Crippen LogP contribution < -0.4 is 10.1 Å². The molecule has 3 rings (SSSR count). The molecule has 1 aromatic rings. The number of nitrogens with one attached hydrogen (secondary N) is 1. The molecule has 0 aliphatic carbocycles. The Labute approximate surface area is 141 Å². The van der Waals surface area contributed by atoms with Crippen LogP contribution in [0.3, 0.4) is 0 Å². The molecule has 0 bridgehead atoms. The molecule has 2 heterocycles. The van der Waals surface area contributed by atoms with E-state index in [1.165, 1.54) is 5.56 Å². The van der Waals surface area contributed by atoms with Gasteiger partial charge in [0.15, 0.2) is 0 Å². The summed E-state index contributed by atoms with van der Waals surface area (Å²) < 4.78 is 10.9. The summed E-state index contributed by atoms with van der Waals surface area (Å²) in [5, 5.41) is 22.3. The van der Waals surface area contributed by atoms with Crippen LogP contribution in [0.15, 0.2) is 18.2 Å². The van der Waals surface area contributed by atoms with Gasteiger partial charge in [-0.15, -0.1) is 0 Å². The van der Waals surface area contributed by atoms with Crippen molar-refractivity contribution in [2.24, 2.45) is 5.92 Å². The molecule has 24 heavy (non-hydrogen) atoms.